The van der Waals surface area contributed by atoms with Crippen LogP contribution in [0.4, 0.5) is 0 Å². The smallest absolute Gasteiger partial charge is 0.282 e. The number of hydrogen-bond donors (Lipinski definition) is 0. The van der Waals surface area contributed by atoms with Crippen LogP contribution in [0.15, 0.2) is 132 Å². The van der Waals surface area contributed by atoms with Crippen LogP contribution in [0.1, 0.15) is 11.1 Å². The van der Waals surface area contributed by atoms with Crippen LogP contribution in [0.25, 0.3) is 44.2 Å². The zero-order valence-electron chi connectivity index (χ0n) is 22.0. The molecular weight excluding hydrogens is 658 g/mol. The summed E-state index contributed by atoms with van der Waals surface area (Å²) >= 11 is 7.12. The molecule has 0 N–H and O–H groups in total. The Balaban J connectivity index is 1.38. The summed E-state index contributed by atoms with van der Waals surface area (Å²) in [6.45, 7) is 0.342. The molecule has 6 nitrogen and oxygen atoms in total. The van der Waals surface area contributed by atoms with E-state index in [1.807, 2.05) is 103 Å². The summed E-state index contributed by atoms with van der Waals surface area (Å²) in [5.41, 5.74) is 2.72. The van der Waals surface area contributed by atoms with Gasteiger partial charge in [-0.05, 0) is 53.2 Å². The Bertz CT molecular complexity index is 2190. The number of ether oxygens (including phenoxy) is 1. The highest BCUT2D eigenvalue weighted by Gasteiger charge is 2.17. The molecule has 0 unspecified atom stereocenters. The zero-order chi connectivity index (χ0) is 28.6. The van der Waals surface area contributed by atoms with E-state index < -0.39 is 0 Å². The molecule has 0 atom stereocenters. The van der Waals surface area contributed by atoms with Crippen molar-refractivity contribution in [1.82, 2.24) is 9.66 Å². The van der Waals surface area contributed by atoms with Crippen LogP contribution < -0.4 is 10.3 Å². The Morgan fingerprint density at radius 1 is 0.833 bits per heavy atom. The van der Waals surface area contributed by atoms with Crippen molar-refractivity contribution in [1.29, 1.82) is 0 Å². The minimum atomic E-state index is -0.297. The largest absolute Gasteiger partial charge is 0.488 e. The lowest BCUT2D eigenvalue weighted by Crippen LogP contribution is -2.20. The van der Waals surface area contributed by atoms with Gasteiger partial charge < -0.3 is 9.15 Å². The van der Waals surface area contributed by atoms with Crippen molar-refractivity contribution >= 4 is 70.7 Å². The first-order valence-electron chi connectivity index (χ1n) is 13.2. The van der Waals surface area contributed by atoms with Gasteiger partial charge in [-0.2, -0.15) is 9.78 Å². The highest BCUT2D eigenvalue weighted by molar-refractivity contribution is 9.11. The fraction of sp³-hybridized carbons (Fsp3) is 0.0294. The fourth-order valence-electron chi connectivity index (χ4n) is 4.93. The van der Waals surface area contributed by atoms with Crippen LogP contribution in [0.5, 0.6) is 5.75 Å². The fourth-order valence-corrected chi connectivity index (χ4v) is 6.09. The monoisotopic (exact) mass is 677 g/mol. The summed E-state index contributed by atoms with van der Waals surface area (Å²) in [5.74, 6) is 1.40. The Hall–Kier alpha value is -4.53. The molecule has 0 saturated heterocycles. The summed E-state index contributed by atoms with van der Waals surface area (Å²) in [7, 11) is 0. The van der Waals surface area contributed by atoms with E-state index in [1.165, 1.54) is 4.68 Å². The van der Waals surface area contributed by atoms with Gasteiger partial charge in [0, 0.05) is 25.5 Å². The third-order valence-corrected chi connectivity index (χ3v) is 8.26. The molecule has 0 radical (unpaired) electrons. The summed E-state index contributed by atoms with van der Waals surface area (Å²) in [6.07, 6.45) is 1.66. The van der Waals surface area contributed by atoms with E-state index in [1.54, 1.807) is 12.3 Å². The van der Waals surface area contributed by atoms with Gasteiger partial charge in [0.25, 0.3) is 5.56 Å². The number of fused-ring (bicyclic) bond motifs is 3. The molecular formula is C34H21Br2N3O3. The number of benzene rings is 5. The number of rotatable bonds is 6. The molecule has 0 aliphatic carbocycles. The maximum Gasteiger partial charge on any atom is 0.282 e. The Labute approximate surface area is 257 Å². The summed E-state index contributed by atoms with van der Waals surface area (Å²) in [6, 6.07) is 34.7. The molecule has 0 bridgehead atoms. The normalized spacial score (nSPS) is 11.7. The summed E-state index contributed by atoms with van der Waals surface area (Å²) in [4.78, 5) is 18.6. The van der Waals surface area contributed by atoms with E-state index >= 15 is 0 Å². The van der Waals surface area contributed by atoms with Gasteiger partial charge in [0.2, 0.25) is 5.82 Å². The molecule has 7 aromatic rings. The van der Waals surface area contributed by atoms with Crippen molar-refractivity contribution < 1.29 is 9.15 Å². The minimum absolute atomic E-state index is 0.297. The lowest BCUT2D eigenvalue weighted by Gasteiger charge is -2.13. The molecule has 8 heteroatoms. The van der Waals surface area contributed by atoms with Crippen molar-refractivity contribution in [2.75, 3.05) is 0 Å². The average molecular weight is 679 g/mol. The van der Waals surface area contributed by atoms with E-state index in [2.05, 4.69) is 31.9 Å². The lowest BCUT2D eigenvalue weighted by atomic mass is 10.0. The van der Waals surface area contributed by atoms with Gasteiger partial charge in [0.15, 0.2) is 5.76 Å². The Morgan fingerprint density at radius 2 is 1.60 bits per heavy atom. The van der Waals surface area contributed by atoms with Gasteiger partial charge >= 0.3 is 0 Å². The molecule has 0 saturated carbocycles. The van der Waals surface area contributed by atoms with Crippen molar-refractivity contribution in [2.45, 2.75) is 6.61 Å². The van der Waals surface area contributed by atoms with Crippen LogP contribution in [0.2, 0.25) is 0 Å². The summed E-state index contributed by atoms with van der Waals surface area (Å²) in [5, 5.41) is 8.07. The first kappa shape index (κ1) is 26.4. The molecule has 2 heterocycles. The molecule has 5 aromatic carbocycles. The second-order valence-corrected chi connectivity index (χ2v) is 11.5. The molecule has 204 valence electrons. The van der Waals surface area contributed by atoms with Gasteiger partial charge in [0.1, 0.15) is 17.9 Å². The molecule has 7 rings (SSSR count). The Kier molecular flexibility index (Phi) is 6.93. The van der Waals surface area contributed by atoms with Gasteiger partial charge in [-0.25, -0.2) is 4.98 Å². The second-order valence-electron chi connectivity index (χ2n) is 9.69. The predicted octanol–water partition coefficient (Wildman–Crippen LogP) is 8.95. The lowest BCUT2D eigenvalue weighted by molar-refractivity contribution is 0.305. The number of para-hydroxylation sites is 2. The van der Waals surface area contributed by atoms with Crippen LogP contribution >= 0.6 is 31.9 Å². The Morgan fingerprint density at radius 3 is 2.43 bits per heavy atom. The van der Waals surface area contributed by atoms with Crippen LogP contribution in [-0.2, 0) is 6.61 Å². The van der Waals surface area contributed by atoms with Crippen molar-refractivity contribution in [3.63, 3.8) is 0 Å². The summed E-state index contributed by atoms with van der Waals surface area (Å²) < 4.78 is 15.7. The van der Waals surface area contributed by atoms with Crippen molar-refractivity contribution in [3.8, 4) is 17.3 Å². The molecule has 0 aliphatic heterocycles. The third kappa shape index (κ3) is 4.93. The van der Waals surface area contributed by atoms with Gasteiger partial charge in [-0.3, -0.25) is 4.79 Å². The standard InChI is InChI=1S/C34H21Br2N3O3/c35-24-15-13-23(28(36)18-24)20-41-31-16-14-21-7-1-3-9-25(21)27(31)19-37-39-33(32-17-22-8-2-6-12-30(22)42-32)38-29-11-5-4-10-26(29)34(39)40/h1-19H,20H2. The van der Waals surface area contributed by atoms with Gasteiger partial charge in [-0.15, -0.1) is 0 Å². The van der Waals surface area contributed by atoms with Gasteiger partial charge in [-0.1, -0.05) is 98.6 Å². The maximum absolute atomic E-state index is 13.8. The van der Waals surface area contributed by atoms with E-state index in [9.17, 15) is 4.79 Å². The van der Waals surface area contributed by atoms with Crippen LogP contribution in [-0.4, -0.2) is 15.9 Å². The van der Waals surface area contributed by atoms with E-state index in [-0.39, 0.29) is 5.56 Å². The van der Waals surface area contributed by atoms with Crippen LogP contribution in [0.3, 0.4) is 0 Å². The quantitative estimate of drug-likeness (QED) is 0.165. The first-order chi connectivity index (χ1) is 20.5. The minimum Gasteiger partial charge on any atom is -0.488 e. The zero-order valence-corrected chi connectivity index (χ0v) is 25.2. The van der Waals surface area contributed by atoms with Crippen LogP contribution in [0, 0.1) is 0 Å². The number of aromatic nitrogens is 2. The number of halogens is 2. The van der Waals surface area contributed by atoms with E-state index in [0.717, 1.165) is 36.2 Å². The highest BCUT2D eigenvalue weighted by Crippen LogP contribution is 2.30. The average Bonchev–Trinajstić information content (AvgIpc) is 3.45. The first-order valence-corrected chi connectivity index (χ1v) is 14.8. The third-order valence-electron chi connectivity index (χ3n) is 7.03. The number of hydrogen-bond acceptors (Lipinski definition) is 5. The molecule has 0 amide bonds. The molecule has 0 spiro atoms. The van der Waals surface area contributed by atoms with E-state index in [0.29, 0.717) is 40.4 Å². The second kappa shape index (κ2) is 11.0. The molecule has 2 aromatic heterocycles. The highest BCUT2D eigenvalue weighted by atomic mass is 79.9. The molecule has 0 fully saturated rings. The van der Waals surface area contributed by atoms with Crippen molar-refractivity contribution in [2.24, 2.45) is 5.10 Å². The van der Waals surface area contributed by atoms with Gasteiger partial charge in [0.05, 0.1) is 17.1 Å². The molecule has 42 heavy (non-hydrogen) atoms. The number of furan rings is 1. The SMILES string of the molecule is O=c1c2ccccc2nc(-c2cc3ccccc3o2)n1N=Cc1c(OCc2ccc(Br)cc2Br)ccc2ccccc12. The van der Waals surface area contributed by atoms with E-state index in [4.69, 9.17) is 19.2 Å². The maximum atomic E-state index is 13.8. The van der Waals surface area contributed by atoms with Crippen molar-refractivity contribution in [3.05, 3.63) is 140 Å². The predicted molar refractivity (Wildman–Crippen MR) is 174 cm³/mol. The number of nitrogens with zero attached hydrogens (tertiary/aromatic N) is 3. The molecule has 0 aliphatic rings. The topological polar surface area (TPSA) is 69.6 Å².